The van der Waals surface area contributed by atoms with Gasteiger partial charge in [0.05, 0.1) is 5.39 Å². The van der Waals surface area contributed by atoms with Gasteiger partial charge in [0.2, 0.25) is 0 Å². The number of rotatable bonds is 4. The van der Waals surface area contributed by atoms with Gasteiger partial charge in [0.1, 0.15) is 17.8 Å². The van der Waals surface area contributed by atoms with Gasteiger partial charge in [-0.1, -0.05) is 41.5 Å². The predicted molar refractivity (Wildman–Crippen MR) is 127 cm³/mol. The Bertz CT molecular complexity index is 1300. The normalized spacial score (nSPS) is 14.0. The number of benzene rings is 2. The Morgan fingerprint density at radius 2 is 1.72 bits per heavy atom. The summed E-state index contributed by atoms with van der Waals surface area (Å²) in [6, 6.07) is 14.5. The minimum atomic E-state index is 0.0414. The number of nitrogen functional groups attached to an aromatic ring is 1. The first kappa shape index (κ1) is 20.1. The Morgan fingerprint density at radius 3 is 2.44 bits per heavy atom. The second-order valence-electron chi connectivity index (χ2n) is 8.51. The fourth-order valence-corrected chi connectivity index (χ4v) is 4.62. The van der Waals surface area contributed by atoms with Crippen molar-refractivity contribution in [1.29, 1.82) is 0 Å². The van der Waals surface area contributed by atoms with Gasteiger partial charge in [-0.25, -0.2) is 14.8 Å². The van der Waals surface area contributed by atoms with E-state index >= 15 is 0 Å². The lowest BCUT2D eigenvalue weighted by molar-refractivity contribution is 0.218. The first-order chi connectivity index (χ1) is 15.4. The predicted octanol–water partition coefficient (Wildman–Crippen LogP) is 4.28. The van der Waals surface area contributed by atoms with Crippen molar-refractivity contribution in [3.05, 3.63) is 71.7 Å². The van der Waals surface area contributed by atoms with Crippen molar-refractivity contribution >= 4 is 28.6 Å². The molecule has 0 bridgehead atoms. The van der Waals surface area contributed by atoms with Crippen molar-refractivity contribution in [2.75, 3.05) is 23.7 Å². The highest BCUT2D eigenvalue weighted by Gasteiger charge is 2.29. The molecule has 0 radical (unpaired) electrons. The Labute approximate surface area is 187 Å². The molecule has 2 amide bonds. The quantitative estimate of drug-likeness (QED) is 0.528. The van der Waals surface area contributed by atoms with E-state index in [1.54, 1.807) is 0 Å². The van der Waals surface area contributed by atoms with Crippen LogP contribution in [0.25, 0.3) is 22.2 Å². The van der Waals surface area contributed by atoms with Crippen LogP contribution in [0.2, 0.25) is 0 Å². The van der Waals surface area contributed by atoms with Crippen molar-refractivity contribution in [1.82, 2.24) is 19.4 Å². The summed E-state index contributed by atoms with van der Waals surface area (Å²) in [4.78, 5) is 25.3. The Morgan fingerprint density at radius 1 is 1.00 bits per heavy atom. The fourth-order valence-electron chi connectivity index (χ4n) is 4.62. The molecule has 2 aromatic carbocycles. The summed E-state index contributed by atoms with van der Waals surface area (Å²) in [5.41, 5.74) is 13.4. The monoisotopic (exact) mass is 426 g/mol. The molecular weight excluding hydrogens is 400 g/mol. The zero-order chi connectivity index (χ0) is 22.4. The zero-order valence-corrected chi connectivity index (χ0v) is 18.5. The van der Waals surface area contributed by atoms with Crippen LogP contribution in [0.3, 0.4) is 0 Å². The molecule has 4 aromatic rings. The summed E-state index contributed by atoms with van der Waals surface area (Å²) < 4.78 is 1.95. The first-order valence-electron chi connectivity index (χ1n) is 10.7. The van der Waals surface area contributed by atoms with E-state index in [2.05, 4.69) is 42.0 Å². The van der Waals surface area contributed by atoms with Crippen LogP contribution in [0.1, 0.15) is 16.7 Å². The molecule has 3 heterocycles. The largest absolute Gasteiger partial charge is 0.383 e. The van der Waals surface area contributed by atoms with Gasteiger partial charge >= 0.3 is 6.03 Å². The maximum Gasteiger partial charge on any atom is 0.324 e. The Balaban J connectivity index is 1.38. The number of hydrogen-bond acceptors (Lipinski definition) is 4. The number of amides is 2. The van der Waals surface area contributed by atoms with Crippen molar-refractivity contribution in [3.8, 4) is 11.1 Å². The molecule has 0 spiro atoms. The van der Waals surface area contributed by atoms with E-state index in [9.17, 15) is 4.79 Å². The molecule has 32 heavy (non-hydrogen) atoms. The second-order valence-corrected chi connectivity index (χ2v) is 8.51. The molecule has 162 valence electrons. The van der Waals surface area contributed by atoms with E-state index in [0.29, 0.717) is 25.5 Å². The summed E-state index contributed by atoms with van der Waals surface area (Å²) in [7, 11) is 1.94. The molecule has 0 saturated carbocycles. The lowest BCUT2D eigenvalue weighted by Gasteiger charge is -2.19. The Hall–Kier alpha value is -3.87. The number of carbonyl (C=O) groups is 1. The van der Waals surface area contributed by atoms with E-state index < -0.39 is 0 Å². The second kappa shape index (κ2) is 7.67. The SMILES string of the molecule is Cc1cc(C)cc(CN2CCN(c3ccc(-c4cn(C)c5ncnc(N)c45)cc3)C2=O)c1. The molecule has 5 rings (SSSR count). The third kappa shape index (κ3) is 3.45. The highest BCUT2D eigenvalue weighted by atomic mass is 16.2. The van der Waals surface area contributed by atoms with Gasteiger partial charge in [0, 0.05) is 44.1 Å². The number of hydrogen-bond donors (Lipinski definition) is 1. The molecule has 7 heteroatoms. The molecule has 7 nitrogen and oxygen atoms in total. The van der Waals surface area contributed by atoms with Crippen molar-refractivity contribution in [2.24, 2.45) is 7.05 Å². The number of nitrogens with zero attached hydrogens (tertiary/aromatic N) is 5. The minimum absolute atomic E-state index is 0.0414. The number of carbonyl (C=O) groups excluding carboxylic acids is 1. The van der Waals surface area contributed by atoms with Crippen molar-refractivity contribution in [3.63, 3.8) is 0 Å². The molecule has 2 aromatic heterocycles. The van der Waals surface area contributed by atoms with E-state index in [1.807, 2.05) is 51.9 Å². The van der Waals surface area contributed by atoms with Crippen LogP contribution < -0.4 is 10.6 Å². The molecule has 1 aliphatic heterocycles. The average Bonchev–Trinajstić information content (AvgIpc) is 3.29. The molecule has 2 N–H and O–H groups in total. The van der Waals surface area contributed by atoms with E-state index in [0.717, 1.165) is 27.8 Å². The maximum atomic E-state index is 13.1. The van der Waals surface area contributed by atoms with Crippen LogP contribution in [-0.4, -0.2) is 38.6 Å². The summed E-state index contributed by atoms with van der Waals surface area (Å²) in [5, 5.41) is 0.847. The van der Waals surface area contributed by atoms with Gasteiger partial charge in [-0.15, -0.1) is 0 Å². The maximum absolute atomic E-state index is 13.1. The topological polar surface area (TPSA) is 80.3 Å². The number of aromatic nitrogens is 3. The highest BCUT2D eigenvalue weighted by Crippen LogP contribution is 2.33. The molecular formula is C25H26N6O. The van der Waals surface area contributed by atoms with E-state index in [1.165, 1.54) is 23.0 Å². The summed E-state index contributed by atoms with van der Waals surface area (Å²) in [6.45, 7) is 6.20. The Kier molecular flexibility index (Phi) is 4.81. The van der Waals surface area contributed by atoms with Gasteiger partial charge in [0.15, 0.2) is 0 Å². The third-order valence-corrected chi connectivity index (χ3v) is 6.02. The standard InChI is InChI=1S/C25H26N6O/c1-16-10-17(2)12-18(11-16)13-30-8-9-31(25(30)32)20-6-4-19(5-7-20)21-14-29(3)24-22(21)23(26)27-15-28-24/h4-7,10-12,14-15H,8-9,13H2,1-3H3,(H2,26,27,28). The average molecular weight is 427 g/mol. The fraction of sp³-hybridized carbons (Fsp3) is 0.240. The van der Waals surface area contributed by atoms with Crippen molar-refractivity contribution in [2.45, 2.75) is 20.4 Å². The van der Waals surface area contributed by atoms with Crippen LogP contribution in [0.4, 0.5) is 16.3 Å². The van der Waals surface area contributed by atoms with Crippen LogP contribution >= 0.6 is 0 Å². The summed E-state index contributed by atoms with van der Waals surface area (Å²) in [6.07, 6.45) is 3.49. The van der Waals surface area contributed by atoms with Gasteiger partial charge in [-0.2, -0.15) is 0 Å². The van der Waals surface area contributed by atoms with Crippen LogP contribution in [0, 0.1) is 13.8 Å². The lowest BCUT2D eigenvalue weighted by Crippen LogP contribution is -2.31. The number of anilines is 2. The van der Waals surface area contributed by atoms with E-state index in [-0.39, 0.29) is 6.03 Å². The molecule has 0 atom stereocenters. The number of nitrogens with two attached hydrogens (primary N) is 1. The summed E-state index contributed by atoms with van der Waals surface area (Å²) in [5.74, 6) is 0.464. The van der Waals surface area contributed by atoms with Crippen molar-refractivity contribution < 1.29 is 4.79 Å². The molecule has 0 aliphatic carbocycles. The zero-order valence-electron chi connectivity index (χ0n) is 18.5. The third-order valence-electron chi connectivity index (χ3n) is 6.02. The smallest absolute Gasteiger partial charge is 0.324 e. The van der Waals surface area contributed by atoms with Gasteiger partial charge < -0.3 is 15.2 Å². The van der Waals surface area contributed by atoms with Gasteiger partial charge in [0.25, 0.3) is 0 Å². The minimum Gasteiger partial charge on any atom is -0.383 e. The lowest BCUT2D eigenvalue weighted by atomic mass is 10.1. The van der Waals surface area contributed by atoms with Crippen LogP contribution in [0.15, 0.2) is 55.0 Å². The van der Waals surface area contributed by atoms with E-state index in [4.69, 9.17) is 5.73 Å². The summed E-state index contributed by atoms with van der Waals surface area (Å²) >= 11 is 0. The van der Waals surface area contributed by atoms with Gasteiger partial charge in [-0.05, 0) is 37.1 Å². The van der Waals surface area contributed by atoms with Crippen LogP contribution in [-0.2, 0) is 13.6 Å². The van der Waals surface area contributed by atoms with Gasteiger partial charge in [-0.3, -0.25) is 4.90 Å². The number of aryl methyl sites for hydroxylation is 3. The number of urea groups is 1. The first-order valence-corrected chi connectivity index (χ1v) is 10.7. The highest BCUT2D eigenvalue weighted by molar-refractivity contribution is 6.01. The molecule has 1 fully saturated rings. The molecule has 0 unspecified atom stereocenters. The molecule has 1 saturated heterocycles. The molecule has 1 aliphatic rings. The number of fused-ring (bicyclic) bond motifs is 1. The van der Waals surface area contributed by atoms with Crippen LogP contribution in [0.5, 0.6) is 0 Å².